The van der Waals surface area contributed by atoms with E-state index in [-0.39, 0.29) is 5.66 Å². The van der Waals surface area contributed by atoms with Gasteiger partial charge in [0, 0.05) is 6.42 Å². The van der Waals surface area contributed by atoms with Crippen LogP contribution in [-0.2, 0) is 10.1 Å². The first-order valence-corrected chi connectivity index (χ1v) is 12.7. The third-order valence-corrected chi connectivity index (χ3v) is 11.4. The maximum absolute atomic E-state index is 11.8. The molecule has 0 fully saturated rings. The molecular weight excluding hydrogens is 387 g/mol. The smallest absolute Gasteiger partial charge is 0.267 e. The molecule has 0 spiro atoms. The van der Waals surface area contributed by atoms with Crippen molar-refractivity contribution in [3.8, 4) is 0 Å². The molecule has 146 valence electrons. The Bertz CT molecular complexity index is 893. The highest BCUT2D eigenvalue weighted by Gasteiger charge is 2.51. The minimum Gasteiger partial charge on any atom is -0.285 e. The van der Waals surface area contributed by atoms with Gasteiger partial charge in [-0.05, 0) is 50.2 Å². The summed E-state index contributed by atoms with van der Waals surface area (Å²) in [5.41, 5.74) is 0.0247. The van der Waals surface area contributed by atoms with Gasteiger partial charge in [-0.2, -0.15) is 8.42 Å². The van der Waals surface area contributed by atoms with E-state index in [2.05, 4.69) is 43.3 Å². The van der Waals surface area contributed by atoms with E-state index < -0.39 is 22.6 Å². The predicted octanol–water partition coefficient (Wildman–Crippen LogP) is 4.04. The normalized spacial score (nSPS) is 14.4. The fourth-order valence-corrected chi connectivity index (χ4v) is 9.62. The monoisotopic (exact) mass is 413 g/mol. The summed E-state index contributed by atoms with van der Waals surface area (Å²) >= 11 is 0. The average molecular weight is 413 g/mol. The highest BCUT2D eigenvalue weighted by molar-refractivity contribution is 7.96. The molecule has 3 nitrogen and oxygen atoms in total. The third-order valence-electron chi connectivity index (χ3n) is 5.33. The third kappa shape index (κ3) is 4.05. The molecule has 3 aromatic carbocycles. The second-order valence-corrected chi connectivity index (χ2v) is 12.9. The first-order valence-electron chi connectivity index (χ1n) is 9.38. The Morgan fingerprint density at radius 3 is 1.32 bits per heavy atom. The van der Waals surface area contributed by atoms with Gasteiger partial charge in [0.2, 0.25) is 0 Å². The molecule has 0 saturated carbocycles. The van der Waals surface area contributed by atoms with Crippen molar-refractivity contribution in [3.05, 3.63) is 91.0 Å². The zero-order valence-electron chi connectivity index (χ0n) is 16.1. The summed E-state index contributed by atoms with van der Waals surface area (Å²) in [6.07, 6.45) is 0.380. The highest BCUT2D eigenvalue weighted by atomic mass is 32.2. The van der Waals surface area contributed by atoms with Crippen LogP contribution in [0.2, 0.25) is 0 Å². The van der Waals surface area contributed by atoms with E-state index in [4.69, 9.17) is 0 Å². The quantitative estimate of drug-likeness (QED) is 0.470. The van der Waals surface area contributed by atoms with Crippen molar-refractivity contribution in [3.63, 3.8) is 0 Å². The molecule has 2 unspecified atom stereocenters. The van der Waals surface area contributed by atoms with Crippen LogP contribution in [0.3, 0.4) is 0 Å². The maximum Gasteiger partial charge on any atom is 0.267 e. The van der Waals surface area contributed by atoms with E-state index >= 15 is 0 Å². The van der Waals surface area contributed by atoms with Gasteiger partial charge in [0.05, 0.1) is 10.9 Å². The van der Waals surface area contributed by atoms with Gasteiger partial charge >= 0.3 is 0 Å². The molecule has 0 aliphatic heterocycles. The van der Waals surface area contributed by atoms with E-state index in [0.29, 0.717) is 6.42 Å². The highest BCUT2D eigenvalue weighted by Crippen LogP contribution is 2.60. The van der Waals surface area contributed by atoms with Crippen molar-refractivity contribution in [1.82, 2.24) is 0 Å². The van der Waals surface area contributed by atoms with Gasteiger partial charge in [-0.25, -0.2) is 0 Å². The zero-order chi connectivity index (χ0) is 20.2. The van der Waals surface area contributed by atoms with E-state index in [0.717, 1.165) is 0 Å². The van der Waals surface area contributed by atoms with Crippen LogP contribution in [-0.4, -0.2) is 23.9 Å². The van der Waals surface area contributed by atoms with Gasteiger partial charge < -0.3 is 0 Å². The lowest BCUT2D eigenvalue weighted by Crippen LogP contribution is -2.39. The molecule has 1 N–H and O–H groups in total. The van der Waals surface area contributed by atoms with Crippen LogP contribution < -0.4 is 15.9 Å². The van der Waals surface area contributed by atoms with Gasteiger partial charge in [0.15, 0.2) is 0 Å². The summed E-state index contributed by atoms with van der Waals surface area (Å²) in [5.74, 6) is 0. The fourth-order valence-electron chi connectivity index (χ4n) is 3.96. The molecule has 2 atom stereocenters. The van der Waals surface area contributed by atoms with Crippen molar-refractivity contribution < 1.29 is 13.0 Å². The van der Waals surface area contributed by atoms with Crippen molar-refractivity contribution >= 4 is 33.3 Å². The topological polar surface area (TPSA) is 54.4 Å². The Labute approximate surface area is 168 Å². The lowest BCUT2D eigenvalue weighted by molar-refractivity contribution is 0.466. The Kier molecular flexibility index (Phi) is 6.34. The van der Waals surface area contributed by atoms with Gasteiger partial charge in [0.25, 0.3) is 10.1 Å². The van der Waals surface area contributed by atoms with Crippen LogP contribution in [0.4, 0.5) is 0 Å². The van der Waals surface area contributed by atoms with Crippen LogP contribution in [0.1, 0.15) is 20.3 Å². The van der Waals surface area contributed by atoms with Crippen LogP contribution in [0.15, 0.2) is 91.0 Å². The summed E-state index contributed by atoms with van der Waals surface area (Å²) in [5, 5.41) is 2.81. The van der Waals surface area contributed by atoms with E-state index in [1.165, 1.54) is 15.9 Å². The zero-order valence-corrected chi connectivity index (χ0v) is 17.9. The minimum absolute atomic E-state index is 0.0247. The Balaban J connectivity index is 2.28. The van der Waals surface area contributed by atoms with Gasteiger partial charge in [-0.1, -0.05) is 54.6 Å². The molecule has 3 aromatic rings. The molecule has 0 aromatic heterocycles. The van der Waals surface area contributed by atoms with Crippen LogP contribution >= 0.6 is 7.26 Å². The molecule has 0 bridgehead atoms. The molecule has 28 heavy (non-hydrogen) atoms. The van der Waals surface area contributed by atoms with Gasteiger partial charge in [0.1, 0.15) is 23.2 Å². The van der Waals surface area contributed by atoms with Crippen LogP contribution in [0.5, 0.6) is 0 Å². The first kappa shape index (κ1) is 20.7. The summed E-state index contributed by atoms with van der Waals surface area (Å²) in [6, 6.07) is 31.1. The maximum atomic E-state index is 11.8. The predicted molar refractivity (Wildman–Crippen MR) is 120 cm³/mol. The van der Waals surface area contributed by atoms with E-state index in [9.17, 15) is 13.0 Å². The molecule has 0 saturated heterocycles. The van der Waals surface area contributed by atoms with Crippen molar-refractivity contribution in [1.29, 1.82) is 0 Å². The second-order valence-electron chi connectivity index (χ2n) is 7.14. The second kappa shape index (κ2) is 8.57. The van der Waals surface area contributed by atoms with Crippen LogP contribution in [0, 0.1) is 0 Å². The van der Waals surface area contributed by atoms with Gasteiger partial charge in [-0.15, -0.1) is 0 Å². The number of hydrogen-bond acceptors (Lipinski definition) is 2. The Morgan fingerprint density at radius 1 is 0.714 bits per heavy atom. The summed E-state index contributed by atoms with van der Waals surface area (Å²) in [7, 11) is -6.23. The SMILES string of the molecule is CC(CC(C)S(=O)(=O)O)[P+](c1ccccc1)(c1ccccc1)c1ccccc1. The fraction of sp³-hybridized carbons (Fsp3) is 0.217. The molecule has 0 aliphatic rings. The molecule has 3 rings (SSSR count). The van der Waals surface area contributed by atoms with Crippen molar-refractivity contribution in [2.75, 3.05) is 0 Å². The number of rotatable bonds is 7. The Hall–Kier alpha value is -2.00. The number of hydrogen-bond donors (Lipinski definition) is 1. The standard InChI is InChI=1S/C23H25O3PS/c1-19(18-20(2)28(24,25)26)27(21-12-6-3-7-13-21,22-14-8-4-9-15-22)23-16-10-5-11-17-23/h3-17,19-20H,18H2,1-2H3/p+1. The van der Waals surface area contributed by atoms with E-state index in [1.54, 1.807) is 6.92 Å². The summed E-state index contributed by atoms with van der Waals surface area (Å²) in [6.45, 7) is 3.70. The van der Waals surface area contributed by atoms with Crippen molar-refractivity contribution in [2.45, 2.75) is 31.2 Å². The van der Waals surface area contributed by atoms with Gasteiger partial charge in [-0.3, -0.25) is 4.55 Å². The van der Waals surface area contributed by atoms with Crippen LogP contribution in [0.25, 0.3) is 0 Å². The van der Waals surface area contributed by atoms with E-state index in [1.807, 2.05) is 54.6 Å². The van der Waals surface area contributed by atoms with Crippen molar-refractivity contribution in [2.24, 2.45) is 0 Å². The molecule has 0 heterocycles. The number of benzene rings is 3. The lowest BCUT2D eigenvalue weighted by atomic mass is 10.3. The summed E-state index contributed by atoms with van der Waals surface area (Å²) in [4.78, 5) is 0. The minimum atomic E-state index is -4.09. The molecule has 5 heteroatoms. The molecule has 0 amide bonds. The molecule has 0 radical (unpaired) electrons. The average Bonchev–Trinajstić information content (AvgIpc) is 2.70. The molecule has 0 aliphatic carbocycles. The Morgan fingerprint density at radius 2 is 1.04 bits per heavy atom. The molecular formula is C23H26O3PS+. The first-order chi connectivity index (χ1) is 13.4. The summed E-state index contributed by atoms with van der Waals surface area (Å²) < 4.78 is 33.1. The largest absolute Gasteiger partial charge is 0.285 e. The lowest BCUT2D eigenvalue weighted by Gasteiger charge is -2.33.